The van der Waals surface area contributed by atoms with Crippen molar-refractivity contribution in [3.63, 3.8) is 0 Å². The van der Waals surface area contributed by atoms with E-state index in [9.17, 15) is 4.79 Å². The number of hydrogen-bond donors (Lipinski definition) is 4. The minimum atomic E-state index is -0.303. The van der Waals surface area contributed by atoms with Gasteiger partial charge in [-0.05, 0) is 44.9 Å². The third kappa shape index (κ3) is 3.51. The van der Waals surface area contributed by atoms with Crippen LogP contribution in [0.1, 0.15) is 55.0 Å². The maximum Gasteiger partial charge on any atom is 0.248 e. The lowest BCUT2D eigenvalue weighted by atomic mass is 10.2. The molecule has 10 nitrogen and oxygen atoms in total. The van der Waals surface area contributed by atoms with Crippen molar-refractivity contribution >= 4 is 29.3 Å². The number of rotatable bonds is 6. The molecular weight excluding hydrogens is 394 g/mol. The van der Waals surface area contributed by atoms with E-state index in [4.69, 9.17) is 9.97 Å². The fourth-order valence-electron chi connectivity index (χ4n) is 4.60. The average molecular weight is 419 g/mol. The first-order valence-electron chi connectivity index (χ1n) is 11.0. The van der Waals surface area contributed by atoms with E-state index in [0.29, 0.717) is 17.7 Å². The van der Waals surface area contributed by atoms with Crippen LogP contribution in [0.2, 0.25) is 0 Å². The zero-order chi connectivity index (χ0) is 20.8. The van der Waals surface area contributed by atoms with E-state index in [2.05, 4.69) is 37.1 Å². The molecule has 31 heavy (non-hydrogen) atoms. The van der Waals surface area contributed by atoms with Crippen LogP contribution in [-0.2, 0) is 17.6 Å². The summed E-state index contributed by atoms with van der Waals surface area (Å²) in [6.07, 6.45) is 8.74. The van der Waals surface area contributed by atoms with Crippen LogP contribution in [0.25, 0.3) is 0 Å². The predicted molar refractivity (Wildman–Crippen MR) is 115 cm³/mol. The molecule has 4 N–H and O–H groups in total. The Morgan fingerprint density at radius 1 is 1.13 bits per heavy atom. The van der Waals surface area contributed by atoms with Crippen molar-refractivity contribution in [1.82, 2.24) is 30.4 Å². The van der Waals surface area contributed by atoms with Gasteiger partial charge in [0.1, 0.15) is 17.7 Å². The Hall–Kier alpha value is -3.43. The third-order valence-electron chi connectivity index (χ3n) is 6.35. The molecule has 1 amide bonds. The fraction of sp³-hybridized carbons (Fsp3) is 0.476. The molecule has 2 fully saturated rings. The molecule has 1 atom stereocenters. The van der Waals surface area contributed by atoms with Crippen LogP contribution in [0.4, 0.5) is 23.4 Å². The lowest BCUT2D eigenvalue weighted by Crippen LogP contribution is -2.40. The maximum absolute atomic E-state index is 12.9. The lowest BCUT2D eigenvalue weighted by molar-refractivity contribution is -0.117. The zero-order valence-electron chi connectivity index (χ0n) is 17.2. The van der Waals surface area contributed by atoms with E-state index in [1.165, 1.54) is 18.5 Å². The number of hydrogen-bond acceptors (Lipinski definition) is 7. The number of aromatic amines is 2. The summed E-state index contributed by atoms with van der Waals surface area (Å²) in [6, 6.07) is 3.52. The summed E-state index contributed by atoms with van der Waals surface area (Å²) in [4.78, 5) is 24.6. The largest absolute Gasteiger partial charge is 0.329 e. The van der Waals surface area contributed by atoms with Crippen LogP contribution < -0.4 is 15.5 Å². The second kappa shape index (κ2) is 7.36. The van der Waals surface area contributed by atoms with Gasteiger partial charge < -0.3 is 15.5 Å². The van der Waals surface area contributed by atoms with Gasteiger partial charge in [0.05, 0.1) is 11.9 Å². The van der Waals surface area contributed by atoms with Gasteiger partial charge in [0.15, 0.2) is 5.82 Å². The van der Waals surface area contributed by atoms with Crippen LogP contribution in [-0.4, -0.2) is 48.9 Å². The summed E-state index contributed by atoms with van der Waals surface area (Å²) in [5.41, 5.74) is 3.42. The molecule has 10 heteroatoms. The molecule has 3 aliphatic rings. The van der Waals surface area contributed by atoms with E-state index in [1.807, 2.05) is 4.90 Å². The normalized spacial score (nSPS) is 20.1. The Labute approximate surface area is 179 Å². The van der Waals surface area contributed by atoms with Crippen LogP contribution in [0, 0.1) is 0 Å². The highest BCUT2D eigenvalue weighted by molar-refractivity contribution is 5.96. The summed E-state index contributed by atoms with van der Waals surface area (Å²) in [5.74, 6) is 3.36. The number of carbonyl (C=O) groups excluding carboxylic acids is 1. The van der Waals surface area contributed by atoms with Crippen LogP contribution in [0.3, 0.4) is 0 Å². The molecule has 0 unspecified atom stereocenters. The number of nitrogens with one attached hydrogen (secondary N) is 4. The molecule has 3 aromatic heterocycles. The number of aromatic nitrogens is 6. The van der Waals surface area contributed by atoms with Gasteiger partial charge in [-0.2, -0.15) is 15.2 Å². The number of amides is 1. The Bertz CT molecular complexity index is 1100. The molecule has 1 saturated carbocycles. The maximum atomic E-state index is 12.9. The van der Waals surface area contributed by atoms with Crippen molar-refractivity contribution < 1.29 is 4.79 Å². The summed E-state index contributed by atoms with van der Waals surface area (Å²) >= 11 is 0. The molecule has 2 aliphatic carbocycles. The number of anilines is 4. The quantitative estimate of drug-likeness (QED) is 0.484. The first kappa shape index (κ1) is 18.3. The first-order chi connectivity index (χ1) is 15.2. The molecule has 0 spiro atoms. The van der Waals surface area contributed by atoms with Crippen molar-refractivity contribution in [2.24, 2.45) is 0 Å². The first-order valence-corrected chi connectivity index (χ1v) is 11.0. The minimum Gasteiger partial charge on any atom is -0.329 e. The van der Waals surface area contributed by atoms with Crippen molar-refractivity contribution in [3.8, 4) is 0 Å². The van der Waals surface area contributed by atoms with Gasteiger partial charge in [-0.25, -0.2) is 4.98 Å². The summed E-state index contributed by atoms with van der Waals surface area (Å²) < 4.78 is 0. The van der Waals surface area contributed by atoms with E-state index in [1.54, 1.807) is 12.3 Å². The molecule has 3 aromatic rings. The van der Waals surface area contributed by atoms with E-state index in [0.717, 1.165) is 61.5 Å². The lowest BCUT2D eigenvalue weighted by Gasteiger charge is -2.25. The Balaban J connectivity index is 1.27. The standard InChI is InChI=1S/C21H25N9O/c31-20(25-17-8-9-22-28-17)16-5-2-10-30(16)21-23-14-4-1-3-13(14)19(26-21)24-18-11-15(27-29-18)12-6-7-12/h8-9,11-12,16H,1-7,10H2,(H2,22,25,28,31)(H2,23,24,26,27,29)/t16-/m1/s1. The summed E-state index contributed by atoms with van der Waals surface area (Å²) in [5, 5.41) is 20.6. The SMILES string of the molecule is O=C(Nc1ccn[nH]1)[C@H]1CCCN1c1nc2c(c(Nc3cc(C4CC4)[nH]n3)n1)CCC2. The summed E-state index contributed by atoms with van der Waals surface area (Å²) in [6.45, 7) is 0.757. The van der Waals surface area contributed by atoms with Gasteiger partial charge in [0.25, 0.3) is 0 Å². The molecule has 0 bridgehead atoms. The van der Waals surface area contributed by atoms with E-state index < -0.39 is 0 Å². The average Bonchev–Trinajstić information content (AvgIpc) is 3.27. The summed E-state index contributed by atoms with van der Waals surface area (Å²) in [7, 11) is 0. The van der Waals surface area contributed by atoms with Gasteiger partial charge in [-0.1, -0.05) is 0 Å². The smallest absolute Gasteiger partial charge is 0.248 e. The van der Waals surface area contributed by atoms with Gasteiger partial charge in [-0.15, -0.1) is 0 Å². The topological polar surface area (TPSA) is 128 Å². The molecule has 160 valence electrons. The third-order valence-corrected chi connectivity index (χ3v) is 6.35. The van der Waals surface area contributed by atoms with E-state index >= 15 is 0 Å². The van der Waals surface area contributed by atoms with Gasteiger partial charge in [0, 0.05) is 35.9 Å². The Morgan fingerprint density at radius 2 is 2.06 bits per heavy atom. The van der Waals surface area contributed by atoms with Gasteiger partial charge >= 0.3 is 0 Å². The van der Waals surface area contributed by atoms with Crippen LogP contribution in [0.15, 0.2) is 18.3 Å². The van der Waals surface area contributed by atoms with Gasteiger partial charge in [-0.3, -0.25) is 15.0 Å². The number of aryl methyl sites for hydroxylation is 1. The fourth-order valence-corrected chi connectivity index (χ4v) is 4.60. The second-order valence-electron chi connectivity index (χ2n) is 8.57. The Morgan fingerprint density at radius 3 is 2.90 bits per heavy atom. The molecule has 6 rings (SSSR count). The highest BCUT2D eigenvalue weighted by Crippen LogP contribution is 2.40. The Kier molecular flexibility index (Phi) is 4.36. The molecule has 0 aromatic carbocycles. The van der Waals surface area contributed by atoms with Crippen molar-refractivity contribution in [3.05, 3.63) is 35.3 Å². The number of carbonyl (C=O) groups is 1. The van der Waals surface area contributed by atoms with E-state index in [-0.39, 0.29) is 11.9 Å². The molecule has 1 saturated heterocycles. The minimum absolute atomic E-state index is 0.0678. The predicted octanol–water partition coefficient (Wildman–Crippen LogP) is 2.64. The number of nitrogens with zero attached hydrogens (tertiary/aromatic N) is 5. The zero-order valence-corrected chi connectivity index (χ0v) is 17.2. The van der Waals surface area contributed by atoms with Crippen molar-refractivity contribution in [2.45, 2.75) is 56.9 Å². The number of fused-ring (bicyclic) bond motifs is 1. The highest BCUT2D eigenvalue weighted by atomic mass is 16.2. The van der Waals surface area contributed by atoms with Crippen LogP contribution in [0.5, 0.6) is 0 Å². The van der Waals surface area contributed by atoms with Crippen molar-refractivity contribution in [2.75, 3.05) is 22.1 Å². The molecule has 0 radical (unpaired) electrons. The molecular formula is C21H25N9O. The van der Waals surface area contributed by atoms with Crippen molar-refractivity contribution in [1.29, 1.82) is 0 Å². The monoisotopic (exact) mass is 419 g/mol. The van der Waals surface area contributed by atoms with Crippen LogP contribution >= 0.6 is 0 Å². The van der Waals surface area contributed by atoms with Gasteiger partial charge in [0.2, 0.25) is 11.9 Å². The highest BCUT2D eigenvalue weighted by Gasteiger charge is 2.34. The molecule has 1 aliphatic heterocycles. The molecule has 4 heterocycles. The number of H-pyrrole nitrogens is 2. The second-order valence-corrected chi connectivity index (χ2v) is 8.57.